The first kappa shape index (κ1) is 10.9. The van der Waals surface area contributed by atoms with Crippen molar-refractivity contribution < 1.29 is 4.79 Å². The van der Waals surface area contributed by atoms with Gasteiger partial charge >= 0.3 is 0 Å². The normalized spacial score (nSPS) is 12.9. The molecule has 1 aromatic carbocycles. The fourth-order valence-electron chi connectivity index (χ4n) is 1.33. The summed E-state index contributed by atoms with van der Waals surface area (Å²) >= 11 is 0. The van der Waals surface area contributed by atoms with Crippen LogP contribution in [-0.4, -0.2) is 11.8 Å². The molecule has 0 aliphatic carbocycles. The number of carbonyl (C=O) groups excluding carboxylic acids is 1. The van der Waals surface area contributed by atoms with Gasteiger partial charge in [-0.2, -0.15) is 0 Å². The summed E-state index contributed by atoms with van der Waals surface area (Å²) in [6.45, 7) is 5.85. The van der Waals surface area contributed by atoms with Crippen LogP contribution in [0.2, 0.25) is 0 Å². The number of aryl methyl sites for hydroxylation is 1. The lowest BCUT2D eigenvalue weighted by Gasteiger charge is -2.15. The highest BCUT2D eigenvalue weighted by Crippen LogP contribution is 2.12. The largest absolute Gasteiger partial charge is 0.321 e. The van der Waals surface area contributed by atoms with Gasteiger partial charge in [-0.3, -0.25) is 4.79 Å². The van der Waals surface area contributed by atoms with E-state index in [1.54, 1.807) is 0 Å². The Labute approximate surface area is 85.1 Å². The monoisotopic (exact) mass is 191 g/mol. The minimum Gasteiger partial charge on any atom is -0.321 e. The van der Waals surface area contributed by atoms with E-state index in [-0.39, 0.29) is 11.7 Å². The molecule has 0 radical (unpaired) electrons. The molecule has 0 aromatic heterocycles. The zero-order chi connectivity index (χ0) is 10.7. The first-order valence-corrected chi connectivity index (χ1v) is 4.89. The third-order valence-corrected chi connectivity index (χ3v) is 2.43. The smallest absolute Gasteiger partial charge is 0.180 e. The Morgan fingerprint density at radius 1 is 1.29 bits per heavy atom. The van der Waals surface area contributed by atoms with E-state index < -0.39 is 6.04 Å². The Bertz CT molecular complexity index is 331. The summed E-state index contributed by atoms with van der Waals surface area (Å²) < 4.78 is 0. The van der Waals surface area contributed by atoms with Gasteiger partial charge in [0.1, 0.15) is 0 Å². The summed E-state index contributed by atoms with van der Waals surface area (Å²) in [5.74, 6) is 0.222. The van der Waals surface area contributed by atoms with Gasteiger partial charge in [-0.25, -0.2) is 0 Å². The van der Waals surface area contributed by atoms with E-state index in [2.05, 4.69) is 0 Å². The molecule has 14 heavy (non-hydrogen) atoms. The van der Waals surface area contributed by atoms with E-state index in [1.165, 1.54) is 0 Å². The van der Waals surface area contributed by atoms with Crippen molar-refractivity contribution in [3.05, 3.63) is 35.4 Å². The minimum atomic E-state index is -0.393. The SMILES string of the molecule is Cc1ccccc1C(=O)C(N)C(C)C. The van der Waals surface area contributed by atoms with Crippen LogP contribution in [0.4, 0.5) is 0 Å². The summed E-state index contributed by atoms with van der Waals surface area (Å²) in [5, 5.41) is 0. The molecule has 0 saturated carbocycles. The summed E-state index contributed by atoms with van der Waals surface area (Å²) in [6, 6.07) is 7.16. The predicted octanol–water partition coefficient (Wildman–Crippen LogP) is 2.16. The molecule has 0 fully saturated rings. The lowest BCUT2D eigenvalue weighted by molar-refractivity contribution is 0.0940. The van der Waals surface area contributed by atoms with Gasteiger partial charge in [0.15, 0.2) is 5.78 Å². The Morgan fingerprint density at radius 3 is 2.36 bits per heavy atom. The molecular formula is C12H17NO. The van der Waals surface area contributed by atoms with Crippen LogP contribution >= 0.6 is 0 Å². The van der Waals surface area contributed by atoms with E-state index >= 15 is 0 Å². The van der Waals surface area contributed by atoms with Crippen molar-refractivity contribution >= 4 is 5.78 Å². The zero-order valence-electron chi connectivity index (χ0n) is 8.95. The van der Waals surface area contributed by atoms with Gasteiger partial charge in [-0.1, -0.05) is 38.1 Å². The average molecular weight is 191 g/mol. The molecule has 0 saturated heterocycles. The van der Waals surface area contributed by atoms with Crippen LogP contribution < -0.4 is 5.73 Å². The number of benzene rings is 1. The van der Waals surface area contributed by atoms with E-state index in [9.17, 15) is 4.79 Å². The maximum Gasteiger partial charge on any atom is 0.180 e. The van der Waals surface area contributed by atoms with Gasteiger partial charge in [-0.05, 0) is 18.4 Å². The fourth-order valence-corrected chi connectivity index (χ4v) is 1.33. The van der Waals surface area contributed by atoms with Crippen molar-refractivity contribution in [3.8, 4) is 0 Å². The van der Waals surface area contributed by atoms with Crippen LogP contribution in [-0.2, 0) is 0 Å². The second-order valence-electron chi connectivity index (χ2n) is 3.95. The first-order valence-electron chi connectivity index (χ1n) is 4.89. The molecule has 0 aliphatic rings. The molecule has 0 heterocycles. The highest BCUT2D eigenvalue weighted by Gasteiger charge is 2.19. The summed E-state index contributed by atoms with van der Waals surface area (Å²) in [5.41, 5.74) is 7.55. The Morgan fingerprint density at radius 2 is 1.86 bits per heavy atom. The second kappa shape index (κ2) is 4.38. The molecule has 2 N–H and O–H groups in total. The fraction of sp³-hybridized carbons (Fsp3) is 0.417. The number of ketones is 1. The standard InChI is InChI=1S/C12H17NO/c1-8(2)11(13)12(14)10-7-5-4-6-9(10)3/h4-8,11H,13H2,1-3H3. The van der Waals surface area contributed by atoms with Crippen LogP contribution in [0.1, 0.15) is 29.8 Å². The lowest BCUT2D eigenvalue weighted by Crippen LogP contribution is -2.35. The molecule has 2 heteroatoms. The first-order chi connectivity index (χ1) is 6.54. The van der Waals surface area contributed by atoms with E-state index in [4.69, 9.17) is 5.73 Å². The predicted molar refractivity (Wildman–Crippen MR) is 58.3 cm³/mol. The van der Waals surface area contributed by atoms with Crippen LogP contribution in [0.25, 0.3) is 0 Å². The summed E-state index contributed by atoms with van der Waals surface area (Å²) in [4.78, 5) is 11.9. The van der Waals surface area contributed by atoms with E-state index in [0.29, 0.717) is 0 Å². The van der Waals surface area contributed by atoms with Gasteiger partial charge in [-0.15, -0.1) is 0 Å². The maximum atomic E-state index is 11.9. The quantitative estimate of drug-likeness (QED) is 0.744. The number of Topliss-reactive ketones (excluding diaryl/α,β-unsaturated/α-hetero) is 1. The van der Waals surface area contributed by atoms with Crippen LogP contribution in [0.3, 0.4) is 0 Å². The van der Waals surface area contributed by atoms with Crippen molar-refractivity contribution in [1.82, 2.24) is 0 Å². The van der Waals surface area contributed by atoms with Gasteiger partial charge in [0.2, 0.25) is 0 Å². The minimum absolute atomic E-state index is 0.0399. The van der Waals surface area contributed by atoms with Gasteiger partial charge in [0.25, 0.3) is 0 Å². The van der Waals surface area contributed by atoms with E-state index in [0.717, 1.165) is 11.1 Å². The Balaban J connectivity index is 2.95. The summed E-state index contributed by atoms with van der Waals surface area (Å²) in [6.07, 6.45) is 0. The van der Waals surface area contributed by atoms with Crippen molar-refractivity contribution in [3.63, 3.8) is 0 Å². The highest BCUT2D eigenvalue weighted by molar-refractivity contribution is 6.01. The molecule has 1 aromatic rings. The number of rotatable bonds is 3. The molecule has 2 nitrogen and oxygen atoms in total. The van der Waals surface area contributed by atoms with Crippen molar-refractivity contribution in [2.45, 2.75) is 26.8 Å². The second-order valence-corrected chi connectivity index (χ2v) is 3.95. The topological polar surface area (TPSA) is 43.1 Å². The van der Waals surface area contributed by atoms with Gasteiger partial charge in [0.05, 0.1) is 6.04 Å². The third-order valence-electron chi connectivity index (χ3n) is 2.43. The van der Waals surface area contributed by atoms with Crippen molar-refractivity contribution in [1.29, 1.82) is 0 Å². The Kier molecular flexibility index (Phi) is 3.42. The molecule has 0 spiro atoms. The van der Waals surface area contributed by atoms with Gasteiger partial charge < -0.3 is 5.73 Å². The molecule has 0 aliphatic heterocycles. The number of nitrogens with two attached hydrogens (primary N) is 1. The molecule has 1 rings (SSSR count). The van der Waals surface area contributed by atoms with Crippen LogP contribution in [0.15, 0.2) is 24.3 Å². The third kappa shape index (κ3) is 2.20. The maximum absolute atomic E-state index is 11.9. The van der Waals surface area contributed by atoms with E-state index in [1.807, 2.05) is 45.0 Å². The van der Waals surface area contributed by atoms with Crippen LogP contribution in [0, 0.1) is 12.8 Å². The molecule has 1 atom stereocenters. The summed E-state index contributed by atoms with van der Waals surface area (Å²) in [7, 11) is 0. The lowest BCUT2D eigenvalue weighted by atomic mass is 9.93. The molecule has 76 valence electrons. The zero-order valence-corrected chi connectivity index (χ0v) is 8.95. The molecule has 1 unspecified atom stereocenters. The Hall–Kier alpha value is -1.15. The average Bonchev–Trinajstić information content (AvgIpc) is 2.16. The van der Waals surface area contributed by atoms with Crippen molar-refractivity contribution in [2.24, 2.45) is 11.7 Å². The highest BCUT2D eigenvalue weighted by atomic mass is 16.1. The number of carbonyl (C=O) groups is 1. The molecule has 0 bridgehead atoms. The van der Waals surface area contributed by atoms with Crippen molar-refractivity contribution in [2.75, 3.05) is 0 Å². The molecule has 0 amide bonds. The number of hydrogen-bond donors (Lipinski definition) is 1. The van der Waals surface area contributed by atoms with Gasteiger partial charge in [0, 0.05) is 5.56 Å². The number of hydrogen-bond acceptors (Lipinski definition) is 2. The molecular weight excluding hydrogens is 174 g/mol. The van der Waals surface area contributed by atoms with Crippen LogP contribution in [0.5, 0.6) is 0 Å².